The summed E-state index contributed by atoms with van der Waals surface area (Å²) < 4.78 is 5.57. The molecule has 3 rings (SSSR count). The van der Waals surface area contributed by atoms with Gasteiger partial charge in [-0.25, -0.2) is 0 Å². The highest BCUT2D eigenvalue weighted by Crippen LogP contribution is 2.20. The zero-order valence-electron chi connectivity index (χ0n) is 14.2. The zero-order valence-corrected chi connectivity index (χ0v) is 15.8. The minimum Gasteiger partial charge on any atom is -0.486 e. The normalized spacial score (nSPS) is 10.8. The fourth-order valence-electron chi connectivity index (χ4n) is 2.10. The van der Waals surface area contributed by atoms with Gasteiger partial charge in [-0.1, -0.05) is 35.1 Å². The van der Waals surface area contributed by atoms with Crippen LogP contribution in [0.15, 0.2) is 54.6 Å². The molecule has 0 fully saturated rings. The van der Waals surface area contributed by atoms with Gasteiger partial charge >= 0.3 is 0 Å². The number of halogens is 1. The summed E-state index contributed by atoms with van der Waals surface area (Å²) in [7, 11) is 0. The van der Waals surface area contributed by atoms with E-state index in [2.05, 4.69) is 15.5 Å². The molecular weight excluding hydrogens is 404 g/mol. The first-order valence-corrected chi connectivity index (χ1v) is 9.13. The Balaban J connectivity index is 1.54. The highest BCUT2D eigenvalue weighted by atomic mass is 35.5. The van der Waals surface area contributed by atoms with Crippen LogP contribution in [-0.4, -0.2) is 21.0 Å². The lowest BCUT2D eigenvalue weighted by atomic mass is 10.2. The van der Waals surface area contributed by atoms with Crippen LogP contribution < -0.4 is 10.1 Å². The standard InChI is InChI=1S/C18H13ClN4O4S/c19-13-5-7-15(8-6-13)27-11-17-21-22-18(28-17)20-16(24)9-4-12-2-1-3-14(10-12)23(25)26/h1-10H,11H2,(H,20,22,24). The third-order valence-electron chi connectivity index (χ3n) is 3.38. The molecule has 10 heteroatoms. The van der Waals surface area contributed by atoms with Gasteiger partial charge in [0.05, 0.1) is 4.92 Å². The van der Waals surface area contributed by atoms with Gasteiger partial charge in [-0.3, -0.25) is 20.2 Å². The van der Waals surface area contributed by atoms with E-state index >= 15 is 0 Å². The average Bonchev–Trinajstić information content (AvgIpc) is 3.13. The van der Waals surface area contributed by atoms with Crippen molar-refractivity contribution in [3.05, 3.63) is 80.3 Å². The van der Waals surface area contributed by atoms with E-state index in [1.807, 2.05) is 0 Å². The molecule has 0 bridgehead atoms. The van der Waals surface area contributed by atoms with Crippen LogP contribution in [0.5, 0.6) is 5.75 Å². The summed E-state index contributed by atoms with van der Waals surface area (Å²) >= 11 is 7.00. The Morgan fingerprint density at radius 1 is 1.25 bits per heavy atom. The number of nitrogens with one attached hydrogen (secondary N) is 1. The van der Waals surface area contributed by atoms with Crippen molar-refractivity contribution in [2.24, 2.45) is 0 Å². The molecule has 28 heavy (non-hydrogen) atoms. The van der Waals surface area contributed by atoms with Gasteiger partial charge in [0.2, 0.25) is 11.0 Å². The molecule has 0 radical (unpaired) electrons. The van der Waals surface area contributed by atoms with Crippen molar-refractivity contribution in [2.45, 2.75) is 6.61 Å². The van der Waals surface area contributed by atoms with Crippen molar-refractivity contribution in [2.75, 3.05) is 5.32 Å². The second kappa shape index (κ2) is 9.07. The lowest BCUT2D eigenvalue weighted by Crippen LogP contribution is -2.07. The molecule has 1 heterocycles. The van der Waals surface area contributed by atoms with E-state index in [1.54, 1.807) is 36.4 Å². The molecule has 0 saturated carbocycles. The molecular formula is C18H13ClN4O4S. The van der Waals surface area contributed by atoms with Gasteiger partial charge in [0.25, 0.3) is 5.69 Å². The molecule has 0 aliphatic carbocycles. The minimum absolute atomic E-state index is 0.0444. The fraction of sp³-hybridized carbons (Fsp3) is 0.0556. The number of nitro benzene ring substituents is 1. The number of aromatic nitrogens is 2. The maximum absolute atomic E-state index is 12.0. The van der Waals surface area contributed by atoms with Gasteiger partial charge in [0.15, 0.2) is 5.01 Å². The van der Waals surface area contributed by atoms with Gasteiger partial charge in [-0.05, 0) is 35.9 Å². The Morgan fingerprint density at radius 2 is 2.04 bits per heavy atom. The Bertz CT molecular complexity index is 1020. The van der Waals surface area contributed by atoms with E-state index in [4.69, 9.17) is 16.3 Å². The van der Waals surface area contributed by atoms with Gasteiger partial charge in [-0.2, -0.15) is 0 Å². The summed E-state index contributed by atoms with van der Waals surface area (Å²) in [6.07, 6.45) is 2.75. The van der Waals surface area contributed by atoms with Crippen LogP contribution in [0.1, 0.15) is 10.6 Å². The lowest BCUT2D eigenvalue weighted by molar-refractivity contribution is -0.384. The first-order valence-electron chi connectivity index (χ1n) is 7.94. The van der Waals surface area contributed by atoms with Crippen LogP contribution >= 0.6 is 22.9 Å². The molecule has 1 aromatic heterocycles. The summed E-state index contributed by atoms with van der Waals surface area (Å²) in [5.74, 6) is 0.220. The monoisotopic (exact) mass is 416 g/mol. The number of benzene rings is 2. The largest absolute Gasteiger partial charge is 0.486 e. The Hall–Kier alpha value is -3.30. The summed E-state index contributed by atoms with van der Waals surface area (Å²) in [5, 5.41) is 22.7. The van der Waals surface area contributed by atoms with Gasteiger partial charge in [0.1, 0.15) is 12.4 Å². The van der Waals surface area contributed by atoms with E-state index in [9.17, 15) is 14.9 Å². The number of non-ortho nitro benzene ring substituents is 1. The van der Waals surface area contributed by atoms with E-state index in [-0.39, 0.29) is 12.3 Å². The highest BCUT2D eigenvalue weighted by molar-refractivity contribution is 7.15. The number of anilines is 1. The smallest absolute Gasteiger partial charge is 0.270 e. The fourth-order valence-corrected chi connectivity index (χ4v) is 2.88. The number of nitrogens with zero attached hydrogens (tertiary/aromatic N) is 3. The van der Waals surface area contributed by atoms with Crippen LogP contribution in [0.25, 0.3) is 6.08 Å². The molecule has 142 valence electrons. The van der Waals surface area contributed by atoms with Crippen LogP contribution in [-0.2, 0) is 11.4 Å². The number of rotatable bonds is 7. The van der Waals surface area contributed by atoms with Crippen LogP contribution in [0.4, 0.5) is 10.8 Å². The topological polar surface area (TPSA) is 107 Å². The highest BCUT2D eigenvalue weighted by Gasteiger charge is 2.08. The predicted octanol–water partition coefficient (Wildman–Crippen LogP) is 4.33. The Kier molecular flexibility index (Phi) is 6.30. The summed E-state index contributed by atoms with van der Waals surface area (Å²) in [6.45, 7) is 0.207. The van der Waals surface area contributed by atoms with Crippen molar-refractivity contribution in [1.29, 1.82) is 0 Å². The number of hydrogen-bond acceptors (Lipinski definition) is 7. The van der Waals surface area contributed by atoms with Crippen molar-refractivity contribution in [3.63, 3.8) is 0 Å². The molecule has 0 unspecified atom stereocenters. The van der Waals surface area contributed by atoms with E-state index in [0.717, 1.165) is 0 Å². The second-order valence-corrected chi connectivity index (χ2v) is 6.92. The first kappa shape index (κ1) is 19.5. The van der Waals surface area contributed by atoms with Crippen molar-refractivity contribution < 1.29 is 14.5 Å². The number of amides is 1. The van der Waals surface area contributed by atoms with Crippen molar-refractivity contribution in [3.8, 4) is 5.75 Å². The summed E-state index contributed by atoms with van der Waals surface area (Å²) in [5.41, 5.74) is 0.496. The van der Waals surface area contributed by atoms with Gasteiger partial charge in [-0.15, -0.1) is 10.2 Å². The summed E-state index contributed by atoms with van der Waals surface area (Å²) in [4.78, 5) is 22.3. The molecule has 0 spiro atoms. The average molecular weight is 417 g/mol. The Morgan fingerprint density at radius 3 is 2.79 bits per heavy atom. The number of carbonyl (C=O) groups is 1. The molecule has 8 nitrogen and oxygen atoms in total. The minimum atomic E-state index is -0.494. The number of carbonyl (C=O) groups excluding carboxylic acids is 1. The molecule has 0 atom stereocenters. The molecule has 1 N–H and O–H groups in total. The van der Waals surface area contributed by atoms with Gasteiger partial charge in [0, 0.05) is 23.2 Å². The number of ether oxygens (including phenoxy) is 1. The third-order valence-corrected chi connectivity index (χ3v) is 4.45. The maximum atomic E-state index is 12.0. The quantitative estimate of drug-likeness (QED) is 0.349. The van der Waals surface area contributed by atoms with Crippen LogP contribution in [0, 0.1) is 10.1 Å². The maximum Gasteiger partial charge on any atom is 0.270 e. The molecule has 0 saturated heterocycles. The van der Waals surface area contributed by atoms with Gasteiger partial charge < -0.3 is 4.74 Å². The van der Waals surface area contributed by atoms with E-state index in [1.165, 1.54) is 35.6 Å². The van der Waals surface area contributed by atoms with Crippen LogP contribution in [0.2, 0.25) is 5.02 Å². The predicted molar refractivity (Wildman–Crippen MR) is 106 cm³/mol. The molecule has 3 aromatic rings. The molecule has 0 aliphatic rings. The molecule has 0 aliphatic heterocycles. The lowest BCUT2D eigenvalue weighted by Gasteiger charge is -2.02. The number of nitro groups is 1. The SMILES string of the molecule is O=C(C=Cc1cccc([N+](=O)[O-])c1)Nc1nnc(COc2ccc(Cl)cc2)s1. The van der Waals surface area contributed by atoms with E-state index in [0.29, 0.717) is 26.5 Å². The first-order chi connectivity index (χ1) is 13.5. The summed E-state index contributed by atoms with van der Waals surface area (Å²) in [6, 6.07) is 12.9. The van der Waals surface area contributed by atoms with E-state index < -0.39 is 10.8 Å². The number of hydrogen-bond donors (Lipinski definition) is 1. The Labute approximate surface area is 168 Å². The van der Waals surface area contributed by atoms with Crippen molar-refractivity contribution >= 4 is 45.7 Å². The van der Waals surface area contributed by atoms with Crippen molar-refractivity contribution in [1.82, 2.24) is 10.2 Å². The third kappa shape index (κ3) is 5.60. The second-order valence-electron chi connectivity index (χ2n) is 5.42. The molecule has 1 amide bonds. The zero-order chi connectivity index (χ0) is 19.9. The van der Waals surface area contributed by atoms with Crippen LogP contribution in [0.3, 0.4) is 0 Å². The molecule has 2 aromatic carbocycles.